The van der Waals surface area contributed by atoms with E-state index in [1.54, 1.807) is 24.3 Å². The second kappa shape index (κ2) is 7.09. The minimum absolute atomic E-state index is 0.251. The fourth-order valence-electron chi connectivity index (χ4n) is 3.78. The molecule has 4 rings (SSSR count). The van der Waals surface area contributed by atoms with E-state index in [0.717, 1.165) is 42.5 Å². The predicted octanol–water partition coefficient (Wildman–Crippen LogP) is 4.13. The standard InChI is InChI=1S/C21H22FNO3S/c1-27(24,25)19-6-7-20-17(12-19)13-21(16-8-10-26-11-9-16)23(20)14-15-2-4-18(22)5-3-15/h2-7,12-13,16H,8-11,14H2,1H3. The molecule has 0 atom stereocenters. The molecule has 1 fully saturated rings. The van der Waals surface area contributed by atoms with Crippen LogP contribution < -0.4 is 0 Å². The summed E-state index contributed by atoms with van der Waals surface area (Å²) in [7, 11) is -3.26. The molecule has 4 nitrogen and oxygen atoms in total. The Morgan fingerprint density at radius 1 is 1.07 bits per heavy atom. The van der Waals surface area contributed by atoms with Crippen LogP contribution in [0.15, 0.2) is 53.4 Å². The lowest BCUT2D eigenvalue weighted by molar-refractivity contribution is 0.0839. The molecule has 0 radical (unpaired) electrons. The van der Waals surface area contributed by atoms with Crippen LogP contribution in [-0.4, -0.2) is 32.5 Å². The van der Waals surface area contributed by atoms with Crippen molar-refractivity contribution in [2.24, 2.45) is 0 Å². The number of nitrogens with zero attached hydrogens (tertiary/aromatic N) is 1. The molecule has 1 aromatic heterocycles. The second-order valence-electron chi connectivity index (χ2n) is 7.16. The number of halogens is 1. The average molecular weight is 387 g/mol. The van der Waals surface area contributed by atoms with Crippen LogP contribution in [0, 0.1) is 5.82 Å². The van der Waals surface area contributed by atoms with Crippen molar-refractivity contribution in [1.82, 2.24) is 4.57 Å². The molecule has 1 aliphatic rings. The Kier molecular flexibility index (Phi) is 4.78. The summed E-state index contributed by atoms with van der Waals surface area (Å²) in [4.78, 5) is 0.326. The third-order valence-corrected chi connectivity index (χ3v) is 6.34. The number of hydrogen-bond donors (Lipinski definition) is 0. The Morgan fingerprint density at radius 2 is 1.78 bits per heavy atom. The molecule has 0 bridgehead atoms. The number of hydrogen-bond acceptors (Lipinski definition) is 3. The summed E-state index contributed by atoms with van der Waals surface area (Å²) >= 11 is 0. The van der Waals surface area contributed by atoms with Crippen LogP contribution in [0.3, 0.4) is 0 Å². The third-order valence-electron chi connectivity index (χ3n) is 5.23. The molecule has 1 aliphatic heterocycles. The van der Waals surface area contributed by atoms with Gasteiger partial charge < -0.3 is 9.30 Å². The molecular formula is C21H22FNO3S. The number of rotatable bonds is 4. The Labute approximate surface area is 158 Å². The highest BCUT2D eigenvalue weighted by atomic mass is 32.2. The molecule has 0 saturated carbocycles. The zero-order valence-corrected chi connectivity index (χ0v) is 16.0. The van der Waals surface area contributed by atoms with Crippen LogP contribution in [0.2, 0.25) is 0 Å². The minimum Gasteiger partial charge on any atom is -0.381 e. The summed E-state index contributed by atoms with van der Waals surface area (Å²) < 4.78 is 44.9. The van der Waals surface area contributed by atoms with E-state index < -0.39 is 9.84 Å². The van der Waals surface area contributed by atoms with Crippen LogP contribution in [-0.2, 0) is 21.1 Å². The molecule has 0 aliphatic carbocycles. The van der Waals surface area contributed by atoms with Gasteiger partial charge in [0.15, 0.2) is 9.84 Å². The van der Waals surface area contributed by atoms with Gasteiger partial charge in [-0.3, -0.25) is 0 Å². The molecule has 142 valence electrons. The highest BCUT2D eigenvalue weighted by molar-refractivity contribution is 7.90. The fraction of sp³-hybridized carbons (Fsp3) is 0.333. The normalized spacial score (nSPS) is 16.1. The summed E-state index contributed by atoms with van der Waals surface area (Å²) in [5, 5.41) is 0.918. The SMILES string of the molecule is CS(=O)(=O)c1ccc2c(c1)cc(C1CCOCC1)n2Cc1ccc(F)cc1. The second-order valence-corrected chi connectivity index (χ2v) is 9.18. The topological polar surface area (TPSA) is 48.3 Å². The van der Waals surface area contributed by atoms with Crippen LogP contribution in [0.1, 0.15) is 30.0 Å². The van der Waals surface area contributed by atoms with E-state index in [4.69, 9.17) is 4.74 Å². The highest BCUT2D eigenvalue weighted by Crippen LogP contribution is 2.33. The quantitative estimate of drug-likeness (QED) is 0.676. The van der Waals surface area contributed by atoms with E-state index in [1.807, 2.05) is 6.07 Å². The van der Waals surface area contributed by atoms with Crippen molar-refractivity contribution in [2.75, 3.05) is 19.5 Å². The molecule has 27 heavy (non-hydrogen) atoms. The van der Waals surface area contributed by atoms with Gasteiger partial charge in [-0.05, 0) is 54.8 Å². The molecule has 3 aromatic rings. The van der Waals surface area contributed by atoms with Crippen molar-refractivity contribution in [1.29, 1.82) is 0 Å². The van der Waals surface area contributed by atoms with E-state index in [-0.39, 0.29) is 5.82 Å². The first-order chi connectivity index (χ1) is 12.9. The van der Waals surface area contributed by atoms with Gasteiger partial charge in [0.2, 0.25) is 0 Å². The first-order valence-electron chi connectivity index (χ1n) is 9.07. The van der Waals surface area contributed by atoms with E-state index in [0.29, 0.717) is 17.4 Å². The molecule has 0 spiro atoms. The lowest BCUT2D eigenvalue weighted by Gasteiger charge is -2.24. The monoisotopic (exact) mass is 387 g/mol. The van der Waals surface area contributed by atoms with Crippen molar-refractivity contribution >= 4 is 20.7 Å². The molecule has 6 heteroatoms. The van der Waals surface area contributed by atoms with Crippen LogP contribution in [0.4, 0.5) is 4.39 Å². The van der Waals surface area contributed by atoms with Crippen LogP contribution in [0.5, 0.6) is 0 Å². The zero-order valence-electron chi connectivity index (χ0n) is 15.2. The van der Waals surface area contributed by atoms with E-state index in [1.165, 1.54) is 24.1 Å². The van der Waals surface area contributed by atoms with E-state index in [9.17, 15) is 12.8 Å². The maximum atomic E-state index is 13.3. The summed E-state index contributed by atoms with van der Waals surface area (Å²) in [6.45, 7) is 2.09. The van der Waals surface area contributed by atoms with Crippen molar-refractivity contribution < 1.29 is 17.5 Å². The van der Waals surface area contributed by atoms with Crippen LogP contribution in [0.25, 0.3) is 10.9 Å². The summed E-state index contributed by atoms with van der Waals surface area (Å²) in [5.41, 5.74) is 3.19. The van der Waals surface area contributed by atoms with Gasteiger partial charge in [-0.2, -0.15) is 0 Å². The number of fused-ring (bicyclic) bond motifs is 1. The lowest BCUT2D eigenvalue weighted by atomic mass is 9.96. The Hall–Kier alpha value is -2.18. The van der Waals surface area contributed by atoms with Crippen molar-refractivity contribution in [3.05, 3.63) is 65.6 Å². The lowest BCUT2D eigenvalue weighted by Crippen LogP contribution is -2.17. The Bertz CT molecular complexity index is 1060. The molecule has 0 N–H and O–H groups in total. The number of sulfone groups is 1. The maximum Gasteiger partial charge on any atom is 0.175 e. The molecular weight excluding hydrogens is 365 g/mol. The first-order valence-corrected chi connectivity index (χ1v) is 11.0. The summed E-state index contributed by atoms with van der Waals surface area (Å²) in [5.74, 6) is 0.117. The smallest absolute Gasteiger partial charge is 0.175 e. The van der Waals surface area contributed by atoms with Gasteiger partial charge in [-0.25, -0.2) is 12.8 Å². The van der Waals surface area contributed by atoms with E-state index in [2.05, 4.69) is 10.6 Å². The predicted molar refractivity (Wildman–Crippen MR) is 103 cm³/mol. The van der Waals surface area contributed by atoms with Gasteiger partial charge in [-0.1, -0.05) is 12.1 Å². The molecule has 2 aromatic carbocycles. The molecule has 0 unspecified atom stereocenters. The summed E-state index contributed by atoms with van der Waals surface area (Å²) in [6, 6.07) is 13.9. The average Bonchev–Trinajstić information content (AvgIpc) is 3.01. The van der Waals surface area contributed by atoms with Crippen molar-refractivity contribution in [3.8, 4) is 0 Å². The number of aromatic nitrogens is 1. The maximum absolute atomic E-state index is 13.3. The van der Waals surface area contributed by atoms with Crippen molar-refractivity contribution in [2.45, 2.75) is 30.2 Å². The largest absolute Gasteiger partial charge is 0.381 e. The van der Waals surface area contributed by atoms with Gasteiger partial charge in [0.05, 0.1) is 4.90 Å². The first kappa shape index (κ1) is 18.2. The molecule has 1 saturated heterocycles. The third kappa shape index (κ3) is 3.77. The van der Waals surface area contributed by atoms with Gasteiger partial charge >= 0.3 is 0 Å². The van der Waals surface area contributed by atoms with Gasteiger partial charge in [-0.15, -0.1) is 0 Å². The van der Waals surface area contributed by atoms with Crippen molar-refractivity contribution in [3.63, 3.8) is 0 Å². The number of ether oxygens (including phenoxy) is 1. The zero-order chi connectivity index (χ0) is 19.0. The van der Waals surface area contributed by atoms with Gasteiger partial charge in [0.25, 0.3) is 0 Å². The number of benzene rings is 2. The minimum atomic E-state index is -3.26. The van der Waals surface area contributed by atoms with Gasteiger partial charge in [0, 0.05) is 48.5 Å². The van der Waals surface area contributed by atoms with Crippen LogP contribution >= 0.6 is 0 Å². The highest BCUT2D eigenvalue weighted by Gasteiger charge is 2.22. The van der Waals surface area contributed by atoms with E-state index >= 15 is 0 Å². The molecule has 0 amide bonds. The Balaban J connectivity index is 1.83. The molecule has 2 heterocycles. The Morgan fingerprint density at radius 3 is 2.44 bits per heavy atom. The van der Waals surface area contributed by atoms with Gasteiger partial charge in [0.1, 0.15) is 5.82 Å². The fourth-order valence-corrected chi connectivity index (χ4v) is 4.44. The summed E-state index contributed by atoms with van der Waals surface area (Å²) in [6.07, 6.45) is 3.11.